The third kappa shape index (κ3) is 49.3. The molecule has 61 heavy (non-hydrogen) atoms. The minimum absolute atomic E-state index is 0.0615. The Hall–Kier alpha value is -1.59. The summed E-state index contributed by atoms with van der Waals surface area (Å²) in [5.41, 5.74) is 0. The van der Waals surface area contributed by atoms with Gasteiger partial charge in [0.05, 0.1) is 0 Å². The summed E-state index contributed by atoms with van der Waals surface area (Å²) in [7, 11) is 0. The van der Waals surface area contributed by atoms with E-state index in [-0.39, 0.29) is 31.1 Å². The van der Waals surface area contributed by atoms with Gasteiger partial charge in [0.25, 0.3) is 0 Å². The normalized spacial score (nSPS) is 11.9. The van der Waals surface area contributed by atoms with Gasteiger partial charge in [-0.05, 0) is 19.3 Å². The SMILES string of the molecule is CCCCCCCCCCCCCCCCCCCCC(=O)O[C@@H](COC(=O)CCCCCCCCCCCCC)COC(=O)CCCCCCCCCCCCCCCC. The standard InChI is InChI=1S/C55H106O6/c1-4-7-10-13-16-19-22-24-26-27-28-29-31-34-37-40-43-46-49-55(58)61-52(50-59-53(56)47-44-41-38-35-32-21-18-15-12-9-6-3)51-60-54(57)48-45-42-39-36-33-30-25-23-20-17-14-11-8-5-2/h52H,4-51H2,1-3H3/t52-/m0/s1. The first-order chi connectivity index (χ1) is 30.0. The summed E-state index contributed by atoms with van der Waals surface area (Å²) in [6.45, 7) is 6.69. The second kappa shape index (κ2) is 51.0. The van der Waals surface area contributed by atoms with Crippen molar-refractivity contribution < 1.29 is 28.6 Å². The van der Waals surface area contributed by atoms with Gasteiger partial charge < -0.3 is 14.2 Å². The fraction of sp³-hybridized carbons (Fsp3) is 0.945. The lowest BCUT2D eigenvalue weighted by atomic mass is 10.0. The van der Waals surface area contributed by atoms with Gasteiger partial charge in [-0.3, -0.25) is 14.4 Å². The summed E-state index contributed by atoms with van der Waals surface area (Å²) in [5.74, 6) is -0.837. The molecule has 0 saturated heterocycles. The fourth-order valence-corrected chi connectivity index (χ4v) is 8.45. The van der Waals surface area contributed by atoms with Crippen molar-refractivity contribution >= 4 is 17.9 Å². The van der Waals surface area contributed by atoms with E-state index in [2.05, 4.69) is 20.8 Å². The second-order valence-corrected chi connectivity index (χ2v) is 18.9. The summed E-state index contributed by atoms with van der Waals surface area (Å²) in [6.07, 6.45) is 55.2. The van der Waals surface area contributed by atoms with Gasteiger partial charge in [0.2, 0.25) is 0 Å². The molecule has 0 N–H and O–H groups in total. The van der Waals surface area contributed by atoms with Crippen LogP contribution >= 0.6 is 0 Å². The Kier molecular flexibility index (Phi) is 49.7. The Balaban J connectivity index is 4.27. The minimum Gasteiger partial charge on any atom is -0.462 e. The van der Waals surface area contributed by atoms with Gasteiger partial charge in [-0.15, -0.1) is 0 Å². The molecule has 0 rings (SSSR count). The molecule has 0 spiro atoms. The van der Waals surface area contributed by atoms with Gasteiger partial charge >= 0.3 is 17.9 Å². The summed E-state index contributed by atoms with van der Waals surface area (Å²) < 4.78 is 16.8. The molecule has 0 unspecified atom stereocenters. The highest BCUT2D eigenvalue weighted by atomic mass is 16.6. The molecule has 362 valence electrons. The topological polar surface area (TPSA) is 78.9 Å². The molecule has 0 aliphatic rings. The van der Waals surface area contributed by atoms with Crippen LogP contribution in [-0.2, 0) is 28.6 Å². The van der Waals surface area contributed by atoms with E-state index in [1.807, 2.05) is 0 Å². The lowest BCUT2D eigenvalue weighted by Crippen LogP contribution is -2.30. The van der Waals surface area contributed by atoms with Gasteiger partial charge in [-0.1, -0.05) is 278 Å². The molecule has 1 atom stereocenters. The molecule has 0 radical (unpaired) electrons. The van der Waals surface area contributed by atoms with E-state index in [9.17, 15) is 14.4 Å². The quantitative estimate of drug-likeness (QED) is 0.0344. The Labute approximate surface area is 380 Å². The predicted molar refractivity (Wildman–Crippen MR) is 261 cm³/mol. The zero-order valence-corrected chi connectivity index (χ0v) is 41.5. The molecule has 0 aromatic heterocycles. The molecule has 0 bridgehead atoms. The molecule has 0 heterocycles. The highest BCUT2D eigenvalue weighted by molar-refractivity contribution is 5.71. The molecule has 0 aliphatic carbocycles. The van der Waals surface area contributed by atoms with Crippen LogP contribution in [0.3, 0.4) is 0 Å². The molecule has 0 aliphatic heterocycles. The van der Waals surface area contributed by atoms with Crippen LogP contribution in [-0.4, -0.2) is 37.2 Å². The highest BCUT2D eigenvalue weighted by Gasteiger charge is 2.19. The highest BCUT2D eigenvalue weighted by Crippen LogP contribution is 2.17. The second-order valence-electron chi connectivity index (χ2n) is 18.9. The molecule has 6 heteroatoms. The van der Waals surface area contributed by atoms with Crippen molar-refractivity contribution in [2.45, 2.75) is 322 Å². The molecule has 0 aromatic carbocycles. The van der Waals surface area contributed by atoms with Crippen LogP contribution in [0, 0.1) is 0 Å². The van der Waals surface area contributed by atoms with E-state index in [1.165, 1.54) is 218 Å². The molecule has 0 saturated carbocycles. The Morgan fingerprint density at radius 3 is 0.656 bits per heavy atom. The maximum Gasteiger partial charge on any atom is 0.306 e. The summed E-state index contributed by atoms with van der Waals surface area (Å²) in [6, 6.07) is 0. The van der Waals surface area contributed by atoms with Crippen LogP contribution in [0.25, 0.3) is 0 Å². The first kappa shape index (κ1) is 59.4. The van der Waals surface area contributed by atoms with Crippen LogP contribution in [0.1, 0.15) is 316 Å². The third-order valence-electron chi connectivity index (χ3n) is 12.6. The molecular formula is C55H106O6. The van der Waals surface area contributed by atoms with Crippen molar-refractivity contribution in [2.24, 2.45) is 0 Å². The van der Waals surface area contributed by atoms with Gasteiger partial charge in [0.1, 0.15) is 13.2 Å². The average Bonchev–Trinajstić information content (AvgIpc) is 3.26. The van der Waals surface area contributed by atoms with E-state index in [4.69, 9.17) is 14.2 Å². The van der Waals surface area contributed by atoms with Gasteiger partial charge in [0.15, 0.2) is 6.10 Å². The first-order valence-corrected chi connectivity index (χ1v) is 27.5. The maximum absolute atomic E-state index is 12.8. The van der Waals surface area contributed by atoms with Gasteiger partial charge in [0, 0.05) is 19.3 Å². The minimum atomic E-state index is -0.760. The zero-order chi connectivity index (χ0) is 44.4. The number of esters is 3. The Bertz CT molecular complexity index is 905. The smallest absolute Gasteiger partial charge is 0.306 e. The molecular weight excluding hydrogens is 757 g/mol. The maximum atomic E-state index is 12.8. The molecule has 0 amide bonds. The number of hydrogen-bond donors (Lipinski definition) is 0. The fourth-order valence-electron chi connectivity index (χ4n) is 8.45. The van der Waals surface area contributed by atoms with Crippen LogP contribution in [0.2, 0.25) is 0 Å². The van der Waals surface area contributed by atoms with Crippen LogP contribution < -0.4 is 0 Å². The third-order valence-corrected chi connectivity index (χ3v) is 12.6. The van der Waals surface area contributed by atoms with E-state index in [1.54, 1.807) is 0 Å². The first-order valence-electron chi connectivity index (χ1n) is 27.5. The van der Waals surface area contributed by atoms with E-state index in [0.717, 1.165) is 57.8 Å². The largest absolute Gasteiger partial charge is 0.462 e. The summed E-state index contributed by atoms with van der Waals surface area (Å²) in [4.78, 5) is 38.0. The molecule has 6 nitrogen and oxygen atoms in total. The van der Waals surface area contributed by atoms with Crippen LogP contribution in [0.4, 0.5) is 0 Å². The van der Waals surface area contributed by atoms with Gasteiger partial charge in [-0.2, -0.15) is 0 Å². The van der Waals surface area contributed by atoms with E-state index in [0.29, 0.717) is 19.3 Å². The number of hydrogen-bond acceptors (Lipinski definition) is 6. The lowest BCUT2D eigenvalue weighted by molar-refractivity contribution is -0.167. The molecule has 0 aromatic rings. The van der Waals surface area contributed by atoms with Crippen molar-refractivity contribution in [3.8, 4) is 0 Å². The van der Waals surface area contributed by atoms with E-state index >= 15 is 0 Å². The number of ether oxygens (including phenoxy) is 3. The van der Waals surface area contributed by atoms with Crippen molar-refractivity contribution in [1.82, 2.24) is 0 Å². The molecule has 0 fully saturated rings. The van der Waals surface area contributed by atoms with Crippen molar-refractivity contribution in [1.29, 1.82) is 0 Å². The van der Waals surface area contributed by atoms with Gasteiger partial charge in [-0.25, -0.2) is 0 Å². The number of carbonyl (C=O) groups is 3. The zero-order valence-electron chi connectivity index (χ0n) is 41.5. The van der Waals surface area contributed by atoms with Crippen LogP contribution in [0.15, 0.2) is 0 Å². The summed E-state index contributed by atoms with van der Waals surface area (Å²) >= 11 is 0. The monoisotopic (exact) mass is 863 g/mol. The van der Waals surface area contributed by atoms with E-state index < -0.39 is 6.10 Å². The Morgan fingerprint density at radius 1 is 0.262 bits per heavy atom. The summed E-state index contributed by atoms with van der Waals surface area (Å²) in [5, 5.41) is 0. The Morgan fingerprint density at radius 2 is 0.443 bits per heavy atom. The number of carbonyl (C=O) groups excluding carboxylic acids is 3. The number of rotatable bonds is 51. The van der Waals surface area contributed by atoms with Crippen LogP contribution in [0.5, 0.6) is 0 Å². The average molecular weight is 863 g/mol. The van der Waals surface area contributed by atoms with Crippen molar-refractivity contribution in [2.75, 3.05) is 13.2 Å². The lowest BCUT2D eigenvalue weighted by Gasteiger charge is -2.18. The van der Waals surface area contributed by atoms with Crippen molar-refractivity contribution in [3.05, 3.63) is 0 Å². The predicted octanol–water partition coefficient (Wildman–Crippen LogP) is 18.0. The number of unbranched alkanes of at least 4 members (excludes halogenated alkanes) is 40. The van der Waals surface area contributed by atoms with Crippen molar-refractivity contribution in [3.63, 3.8) is 0 Å².